The van der Waals surface area contributed by atoms with E-state index in [-0.39, 0.29) is 0 Å². The zero-order chi connectivity index (χ0) is 12.5. The number of nitrogens with zero attached hydrogens (tertiary/aromatic N) is 2. The van der Waals surface area contributed by atoms with Crippen LogP contribution in [0.3, 0.4) is 0 Å². The Balaban J connectivity index is 2.26. The Bertz CT molecular complexity index is 692. The fourth-order valence-corrected chi connectivity index (χ4v) is 3.51. The van der Waals surface area contributed by atoms with E-state index in [0.29, 0.717) is 0 Å². The molecule has 2 heterocycles. The molecule has 0 N–H and O–H groups in total. The number of thioether (sulfide) groups is 1. The summed E-state index contributed by atoms with van der Waals surface area (Å²) in [7, 11) is 0. The van der Waals surface area contributed by atoms with Crippen molar-refractivity contribution in [2.24, 2.45) is 0 Å². The van der Waals surface area contributed by atoms with Gasteiger partial charge in [0.15, 0.2) is 0 Å². The average Bonchev–Trinajstić information content (AvgIpc) is 2.83. The molecule has 3 rings (SSSR count). The summed E-state index contributed by atoms with van der Waals surface area (Å²) in [5.41, 5.74) is 2.33. The molecule has 0 amide bonds. The van der Waals surface area contributed by atoms with E-state index in [1.807, 2.05) is 30.5 Å². The lowest BCUT2D eigenvalue weighted by atomic mass is 10.1. The van der Waals surface area contributed by atoms with Crippen molar-refractivity contribution in [3.8, 4) is 11.1 Å². The van der Waals surface area contributed by atoms with Gasteiger partial charge in [-0.3, -0.25) is 0 Å². The van der Waals surface area contributed by atoms with Crippen LogP contribution in [0.1, 0.15) is 0 Å². The van der Waals surface area contributed by atoms with Gasteiger partial charge in [-0.15, -0.1) is 23.1 Å². The van der Waals surface area contributed by atoms with Crippen LogP contribution in [-0.4, -0.2) is 16.2 Å². The summed E-state index contributed by atoms with van der Waals surface area (Å²) in [5, 5.41) is 5.03. The summed E-state index contributed by atoms with van der Waals surface area (Å²) < 4.78 is 0. The van der Waals surface area contributed by atoms with Crippen LogP contribution >= 0.6 is 34.7 Å². The quantitative estimate of drug-likeness (QED) is 0.504. The minimum atomic E-state index is 0.750. The molecule has 0 bridgehead atoms. The fraction of sp³-hybridized carbons (Fsp3) is 0.0769. The average molecular weight is 293 g/mol. The van der Waals surface area contributed by atoms with Crippen LogP contribution in [0.15, 0.2) is 41.0 Å². The molecule has 1 aromatic carbocycles. The number of aromatic nitrogens is 2. The summed E-state index contributed by atoms with van der Waals surface area (Å²) in [6.45, 7) is 0. The van der Waals surface area contributed by atoms with Gasteiger partial charge in [0.1, 0.15) is 16.2 Å². The van der Waals surface area contributed by atoms with Gasteiger partial charge >= 0.3 is 0 Å². The number of halogens is 1. The molecule has 0 aliphatic heterocycles. The second-order valence-corrected chi connectivity index (χ2v) is 5.81. The Labute approximate surface area is 118 Å². The number of hydrogen-bond acceptors (Lipinski definition) is 4. The first kappa shape index (κ1) is 12.0. The molecule has 0 aliphatic rings. The van der Waals surface area contributed by atoms with Crippen LogP contribution in [0.4, 0.5) is 0 Å². The highest BCUT2D eigenvalue weighted by atomic mass is 35.5. The molecule has 0 aliphatic carbocycles. The van der Waals surface area contributed by atoms with E-state index in [1.54, 1.807) is 29.4 Å². The van der Waals surface area contributed by atoms with Gasteiger partial charge in [-0.25, -0.2) is 9.97 Å². The minimum Gasteiger partial charge on any atom is -0.229 e. The number of thiophene rings is 1. The zero-order valence-corrected chi connectivity index (χ0v) is 11.9. The Morgan fingerprint density at radius 3 is 2.67 bits per heavy atom. The first-order valence-electron chi connectivity index (χ1n) is 5.31. The monoisotopic (exact) mass is 292 g/mol. The molecular formula is C13H9ClN2S2. The predicted molar refractivity (Wildman–Crippen MR) is 79.6 cm³/mol. The topological polar surface area (TPSA) is 25.8 Å². The van der Waals surface area contributed by atoms with Gasteiger partial charge in [0.05, 0.1) is 5.39 Å². The number of rotatable bonds is 2. The van der Waals surface area contributed by atoms with Crippen LogP contribution in [0.25, 0.3) is 21.3 Å². The van der Waals surface area contributed by atoms with Gasteiger partial charge < -0.3 is 0 Å². The van der Waals surface area contributed by atoms with E-state index in [1.165, 1.54) is 5.56 Å². The number of benzene rings is 1. The van der Waals surface area contributed by atoms with Gasteiger partial charge in [0.2, 0.25) is 0 Å². The first-order valence-corrected chi connectivity index (χ1v) is 7.80. The van der Waals surface area contributed by atoms with Crippen molar-refractivity contribution in [1.29, 1.82) is 0 Å². The lowest BCUT2D eigenvalue weighted by Crippen LogP contribution is -1.84. The molecule has 3 aromatic rings. The third kappa shape index (κ3) is 2.00. The summed E-state index contributed by atoms with van der Waals surface area (Å²) in [6, 6.07) is 7.87. The van der Waals surface area contributed by atoms with Gasteiger partial charge in [0, 0.05) is 16.0 Å². The van der Waals surface area contributed by atoms with Crippen molar-refractivity contribution in [2.45, 2.75) is 5.03 Å². The molecule has 18 heavy (non-hydrogen) atoms. The van der Waals surface area contributed by atoms with E-state index in [0.717, 1.165) is 25.8 Å². The van der Waals surface area contributed by atoms with Crippen molar-refractivity contribution >= 4 is 44.9 Å². The predicted octanol–water partition coefficient (Wildman–Crippen LogP) is 4.73. The molecule has 0 saturated carbocycles. The molecule has 2 nitrogen and oxygen atoms in total. The Morgan fingerprint density at radius 2 is 1.94 bits per heavy atom. The third-order valence-corrected chi connectivity index (χ3v) is 4.52. The molecule has 0 atom stereocenters. The van der Waals surface area contributed by atoms with Gasteiger partial charge in [-0.05, 0) is 24.0 Å². The molecule has 0 fully saturated rings. The smallest absolute Gasteiger partial charge is 0.128 e. The van der Waals surface area contributed by atoms with Crippen molar-refractivity contribution in [1.82, 2.24) is 9.97 Å². The first-order chi connectivity index (χ1) is 8.79. The van der Waals surface area contributed by atoms with E-state index in [2.05, 4.69) is 15.3 Å². The van der Waals surface area contributed by atoms with Crippen LogP contribution in [0.5, 0.6) is 0 Å². The molecule has 0 radical (unpaired) electrons. The highest BCUT2D eigenvalue weighted by Crippen LogP contribution is 2.37. The Kier molecular flexibility index (Phi) is 3.24. The molecular weight excluding hydrogens is 284 g/mol. The second-order valence-electron chi connectivity index (χ2n) is 3.72. The van der Waals surface area contributed by atoms with E-state index in [9.17, 15) is 0 Å². The highest BCUT2D eigenvalue weighted by Gasteiger charge is 2.12. The maximum absolute atomic E-state index is 5.92. The third-order valence-electron chi connectivity index (χ3n) is 2.68. The summed E-state index contributed by atoms with van der Waals surface area (Å²) in [6.07, 6.45) is 3.65. The number of hydrogen-bond donors (Lipinski definition) is 0. The summed E-state index contributed by atoms with van der Waals surface area (Å²) >= 11 is 9.21. The van der Waals surface area contributed by atoms with Crippen LogP contribution in [0, 0.1) is 0 Å². The Hall–Kier alpha value is -1.10. The molecule has 0 spiro atoms. The standard InChI is InChI=1S/C13H9ClN2S2/c1-17-12-11-10(6-18-13(11)16-7-15-12)8-2-4-9(14)5-3-8/h2-7H,1H3. The second kappa shape index (κ2) is 4.88. The highest BCUT2D eigenvalue weighted by molar-refractivity contribution is 7.98. The minimum absolute atomic E-state index is 0.750. The zero-order valence-electron chi connectivity index (χ0n) is 9.55. The molecule has 90 valence electrons. The molecule has 0 unspecified atom stereocenters. The van der Waals surface area contributed by atoms with Gasteiger partial charge in [0.25, 0.3) is 0 Å². The van der Waals surface area contributed by atoms with E-state index >= 15 is 0 Å². The molecule has 5 heteroatoms. The van der Waals surface area contributed by atoms with Gasteiger partial charge in [-0.1, -0.05) is 23.7 Å². The van der Waals surface area contributed by atoms with Crippen molar-refractivity contribution < 1.29 is 0 Å². The fourth-order valence-electron chi connectivity index (χ4n) is 1.84. The van der Waals surface area contributed by atoms with Crippen molar-refractivity contribution in [3.63, 3.8) is 0 Å². The molecule has 2 aromatic heterocycles. The largest absolute Gasteiger partial charge is 0.229 e. The van der Waals surface area contributed by atoms with Crippen molar-refractivity contribution in [3.05, 3.63) is 41.0 Å². The SMILES string of the molecule is CSc1ncnc2scc(-c3ccc(Cl)cc3)c12. The van der Waals surface area contributed by atoms with Crippen LogP contribution in [-0.2, 0) is 0 Å². The maximum atomic E-state index is 5.92. The van der Waals surface area contributed by atoms with Crippen molar-refractivity contribution in [2.75, 3.05) is 6.26 Å². The molecule has 0 saturated heterocycles. The van der Waals surface area contributed by atoms with Gasteiger partial charge in [-0.2, -0.15) is 0 Å². The van der Waals surface area contributed by atoms with Crippen LogP contribution in [0.2, 0.25) is 5.02 Å². The number of fused-ring (bicyclic) bond motifs is 1. The van der Waals surface area contributed by atoms with Crippen LogP contribution < -0.4 is 0 Å². The van der Waals surface area contributed by atoms with E-state index < -0.39 is 0 Å². The normalized spacial score (nSPS) is 11.0. The van der Waals surface area contributed by atoms with E-state index in [4.69, 9.17) is 11.6 Å². The summed E-state index contributed by atoms with van der Waals surface area (Å²) in [4.78, 5) is 9.68. The maximum Gasteiger partial charge on any atom is 0.128 e. The Morgan fingerprint density at radius 1 is 1.17 bits per heavy atom. The lowest BCUT2D eigenvalue weighted by molar-refractivity contribution is 1.11. The lowest BCUT2D eigenvalue weighted by Gasteiger charge is -2.02. The summed E-state index contributed by atoms with van der Waals surface area (Å²) in [5.74, 6) is 0.